The van der Waals surface area contributed by atoms with E-state index in [-0.39, 0.29) is 11.7 Å². The molecule has 0 saturated heterocycles. The van der Waals surface area contributed by atoms with Crippen LogP contribution < -0.4 is 5.32 Å². The molecule has 0 fully saturated rings. The van der Waals surface area contributed by atoms with Crippen molar-refractivity contribution in [1.82, 2.24) is 15.2 Å². The minimum Gasteiger partial charge on any atom is -0.410 e. The fourth-order valence-electron chi connectivity index (χ4n) is 1.49. The normalized spacial score (nSPS) is 10.8. The number of halogens is 1. The van der Waals surface area contributed by atoms with Crippen LogP contribution in [-0.2, 0) is 4.79 Å². The van der Waals surface area contributed by atoms with E-state index in [4.69, 9.17) is 16.0 Å². The molecular formula is C12H9ClN4O2S3. The van der Waals surface area contributed by atoms with Crippen LogP contribution in [0, 0.1) is 6.92 Å². The lowest BCUT2D eigenvalue weighted by atomic mass is 10.5. The van der Waals surface area contributed by atoms with Gasteiger partial charge in [-0.25, -0.2) is 4.98 Å². The Hall–Kier alpha value is -1.42. The van der Waals surface area contributed by atoms with Crippen LogP contribution in [-0.4, -0.2) is 26.8 Å². The van der Waals surface area contributed by atoms with Crippen molar-refractivity contribution >= 4 is 57.1 Å². The second-order valence-corrected chi connectivity index (χ2v) is 7.61. The van der Waals surface area contributed by atoms with Gasteiger partial charge in [0.25, 0.3) is 11.1 Å². The zero-order chi connectivity index (χ0) is 15.5. The van der Waals surface area contributed by atoms with Crippen molar-refractivity contribution in [3.8, 4) is 10.8 Å². The number of carbonyl (C=O) groups is 1. The maximum absolute atomic E-state index is 11.8. The van der Waals surface area contributed by atoms with Gasteiger partial charge in [-0.2, -0.15) is 0 Å². The van der Waals surface area contributed by atoms with Crippen molar-refractivity contribution < 1.29 is 9.21 Å². The van der Waals surface area contributed by atoms with Crippen molar-refractivity contribution in [1.29, 1.82) is 0 Å². The van der Waals surface area contributed by atoms with Crippen LogP contribution in [0.15, 0.2) is 27.2 Å². The summed E-state index contributed by atoms with van der Waals surface area (Å²) in [5, 5.41) is 13.4. The van der Waals surface area contributed by atoms with Gasteiger partial charge >= 0.3 is 0 Å². The van der Waals surface area contributed by atoms with Gasteiger partial charge in [-0.3, -0.25) is 4.79 Å². The predicted octanol–water partition coefficient (Wildman–Crippen LogP) is 3.95. The van der Waals surface area contributed by atoms with E-state index in [1.807, 2.05) is 18.4 Å². The van der Waals surface area contributed by atoms with Crippen LogP contribution in [0.5, 0.6) is 0 Å². The number of anilines is 1. The predicted molar refractivity (Wildman–Crippen MR) is 88.8 cm³/mol. The molecule has 1 amide bonds. The van der Waals surface area contributed by atoms with Gasteiger partial charge in [0.1, 0.15) is 0 Å². The summed E-state index contributed by atoms with van der Waals surface area (Å²) < 4.78 is 6.14. The number of hydrogen-bond donors (Lipinski definition) is 1. The van der Waals surface area contributed by atoms with E-state index >= 15 is 0 Å². The van der Waals surface area contributed by atoms with Crippen LogP contribution in [0.2, 0.25) is 4.34 Å². The number of nitrogens with zero attached hydrogens (tertiary/aromatic N) is 3. The first kappa shape index (κ1) is 15.5. The Morgan fingerprint density at radius 2 is 2.32 bits per heavy atom. The fraction of sp³-hybridized carbons (Fsp3) is 0.167. The highest BCUT2D eigenvalue weighted by Crippen LogP contribution is 2.31. The molecule has 0 aromatic carbocycles. The zero-order valence-corrected chi connectivity index (χ0v) is 14.4. The summed E-state index contributed by atoms with van der Waals surface area (Å²) in [5.74, 6) is 0.402. The number of thiazole rings is 1. The highest BCUT2D eigenvalue weighted by molar-refractivity contribution is 7.99. The van der Waals surface area contributed by atoms with Crippen LogP contribution >= 0.6 is 46.0 Å². The van der Waals surface area contributed by atoms with Crippen LogP contribution in [0.1, 0.15) is 5.69 Å². The zero-order valence-electron chi connectivity index (χ0n) is 11.2. The summed E-state index contributed by atoms with van der Waals surface area (Å²) in [7, 11) is 0. The molecule has 22 heavy (non-hydrogen) atoms. The van der Waals surface area contributed by atoms with Gasteiger partial charge in [0, 0.05) is 5.38 Å². The number of thioether (sulfide) groups is 1. The number of rotatable bonds is 5. The molecule has 10 heteroatoms. The molecule has 6 nitrogen and oxygen atoms in total. The molecule has 0 atom stereocenters. The standard InChI is InChI=1S/C12H9ClN4O2S3/c1-6-4-20-11(14-6)15-9(18)5-21-12-17-16-10(19-12)7-2-3-8(13)22-7/h2-4H,5H2,1H3,(H,14,15,18). The lowest BCUT2D eigenvalue weighted by molar-refractivity contribution is -0.113. The first-order chi connectivity index (χ1) is 10.6. The molecule has 1 N–H and O–H groups in total. The van der Waals surface area contributed by atoms with E-state index in [1.54, 1.807) is 6.07 Å². The monoisotopic (exact) mass is 372 g/mol. The van der Waals surface area contributed by atoms with E-state index in [1.165, 1.54) is 34.4 Å². The van der Waals surface area contributed by atoms with Crippen LogP contribution in [0.25, 0.3) is 10.8 Å². The fourth-order valence-corrected chi connectivity index (χ4v) is 3.72. The highest BCUT2D eigenvalue weighted by atomic mass is 35.5. The topological polar surface area (TPSA) is 80.9 Å². The van der Waals surface area contributed by atoms with Crippen molar-refractivity contribution in [2.75, 3.05) is 11.1 Å². The minimum absolute atomic E-state index is 0.168. The molecular weight excluding hydrogens is 364 g/mol. The molecule has 3 aromatic rings. The molecule has 3 heterocycles. The third-order valence-corrected chi connectivity index (χ3v) is 5.30. The number of thiophene rings is 1. The number of carbonyl (C=O) groups excluding carboxylic acids is 1. The van der Waals surface area contributed by atoms with Gasteiger partial charge in [0.2, 0.25) is 5.91 Å². The summed E-state index contributed by atoms with van der Waals surface area (Å²) in [4.78, 5) is 16.8. The second kappa shape index (κ2) is 6.78. The smallest absolute Gasteiger partial charge is 0.277 e. The minimum atomic E-state index is -0.168. The Morgan fingerprint density at radius 3 is 3.00 bits per heavy atom. The van der Waals surface area contributed by atoms with Gasteiger partial charge < -0.3 is 9.73 Å². The van der Waals surface area contributed by atoms with Crippen LogP contribution in [0.3, 0.4) is 0 Å². The molecule has 0 radical (unpaired) electrons. The number of aryl methyl sites for hydroxylation is 1. The van der Waals surface area contributed by atoms with Gasteiger partial charge in [-0.05, 0) is 19.1 Å². The molecule has 3 rings (SSSR count). The third-order valence-electron chi connectivity index (χ3n) is 2.38. The summed E-state index contributed by atoms with van der Waals surface area (Å²) in [6, 6.07) is 3.58. The summed E-state index contributed by atoms with van der Waals surface area (Å²) >= 11 is 9.78. The average molecular weight is 373 g/mol. The molecule has 0 aliphatic rings. The largest absolute Gasteiger partial charge is 0.410 e. The molecule has 0 saturated carbocycles. The van der Waals surface area contributed by atoms with E-state index in [9.17, 15) is 4.79 Å². The Morgan fingerprint density at radius 1 is 1.45 bits per heavy atom. The van der Waals surface area contributed by atoms with Gasteiger partial charge in [0.15, 0.2) is 5.13 Å². The quantitative estimate of drug-likeness (QED) is 0.683. The first-order valence-electron chi connectivity index (χ1n) is 6.04. The second-order valence-electron chi connectivity index (χ2n) is 4.11. The third kappa shape index (κ3) is 3.86. The Balaban J connectivity index is 1.55. The lowest BCUT2D eigenvalue weighted by Gasteiger charge is -1.98. The van der Waals surface area contributed by atoms with Crippen molar-refractivity contribution in [2.45, 2.75) is 12.1 Å². The SMILES string of the molecule is Cc1csc(NC(=O)CSc2nnc(-c3ccc(Cl)s3)o2)n1. The van der Waals surface area contributed by atoms with E-state index < -0.39 is 0 Å². The number of aromatic nitrogens is 3. The van der Waals surface area contributed by atoms with Crippen molar-refractivity contribution in [2.24, 2.45) is 0 Å². The molecule has 0 spiro atoms. The highest BCUT2D eigenvalue weighted by Gasteiger charge is 2.13. The molecule has 114 valence electrons. The Kier molecular flexibility index (Phi) is 4.77. The van der Waals surface area contributed by atoms with Gasteiger partial charge in [-0.1, -0.05) is 23.4 Å². The number of hydrogen-bond acceptors (Lipinski definition) is 8. The molecule has 0 aliphatic heterocycles. The molecule has 0 unspecified atom stereocenters. The van der Waals surface area contributed by atoms with Gasteiger partial charge in [0.05, 0.1) is 20.7 Å². The Labute approximate surface area is 142 Å². The van der Waals surface area contributed by atoms with Crippen molar-refractivity contribution in [3.63, 3.8) is 0 Å². The lowest BCUT2D eigenvalue weighted by Crippen LogP contribution is -2.13. The van der Waals surface area contributed by atoms with Crippen molar-refractivity contribution in [3.05, 3.63) is 27.5 Å². The Bertz CT molecular complexity index is 798. The van der Waals surface area contributed by atoms with E-state index in [0.717, 1.165) is 10.6 Å². The maximum Gasteiger partial charge on any atom is 0.277 e. The van der Waals surface area contributed by atoms with E-state index in [2.05, 4.69) is 20.5 Å². The molecule has 3 aromatic heterocycles. The van der Waals surface area contributed by atoms with Gasteiger partial charge in [-0.15, -0.1) is 32.9 Å². The summed E-state index contributed by atoms with van der Waals surface area (Å²) in [5.41, 5.74) is 0.879. The maximum atomic E-state index is 11.8. The average Bonchev–Trinajstić information content (AvgIpc) is 3.18. The summed E-state index contributed by atoms with van der Waals surface area (Å²) in [6.07, 6.45) is 0. The molecule has 0 bridgehead atoms. The molecule has 0 aliphatic carbocycles. The number of amides is 1. The van der Waals surface area contributed by atoms with E-state index in [0.29, 0.717) is 20.6 Å². The van der Waals surface area contributed by atoms with Crippen LogP contribution in [0.4, 0.5) is 5.13 Å². The summed E-state index contributed by atoms with van der Waals surface area (Å²) in [6.45, 7) is 1.87. The first-order valence-corrected chi connectivity index (χ1v) is 9.10. The number of nitrogens with one attached hydrogen (secondary N) is 1.